The van der Waals surface area contributed by atoms with Crippen LogP contribution < -0.4 is 10.6 Å². The molecule has 3 rings (SSSR count). The predicted molar refractivity (Wildman–Crippen MR) is 100 cm³/mol. The van der Waals surface area contributed by atoms with Gasteiger partial charge in [0.05, 0.1) is 5.69 Å². The standard InChI is InChI=1S/C16H15N5O2S2/c1-24-11-6-3-2-5-10(11)19-13(22)9-12-14(23)20-16(25-12)21-15-17-7-4-8-18-15/h2-8,12H,9H2,1H3,(H,19,22)(H,17,18,20,21,23). The van der Waals surface area contributed by atoms with E-state index in [4.69, 9.17) is 0 Å². The Bertz CT molecular complexity index is 813. The van der Waals surface area contributed by atoms with Gasteiger partial charge in [0.2, 0.25) is 11.8 Å². The zero-order valence-electron chi connectivity index (χ0n) is 13.3. The minimum absolute atomic E-state index is 0.0634. The largest absolute Gasteiger partial charge is 0.325 e. The Morgan fingerprint density at radius 3 is 2.84 bits per heavy atom. The van der Waals surface area contributed by atoms with Crippen LogP contribution in [0.5, 0.6) is 0 Å². The highest BCUT2D eigenvalue weighted by Crippen LogP contribution is 2.27. The fraction of sp³-hybridized carbons (Fsp3) is 0.188. The Kier molecular flexibility index (Phi) is 5.67. The molecule has 2 heterocycles. The first kappa shape index (κ1) is 17.4. The summed E-state index contributed by atoms with van der Waals surface area (Å²) in [6.07, 6.45) is 5.15. The average Bonchev–Trinajstić information content (AvgIpc) is 2.95. The number of amides is 2. The lowest BCUT2D eigenvalue weighted by Crippen LogP contribution is -2.28. The highest BCUT2D eigenvalue weighted by Gasteiger charge is 2.32. The SMILES string of the molecule is CSc1ccccc1NC(=O)CC1S/C(=N\c2ncccn2)NC1=O. The Labute approximate surface area is 153 Å². The fourth-order valence-electron chi connectivity index (χ4n) is 2.15. The van der Waals surface area contributed by atoms with Crippen molar-refractivity contribution in [3.05, 3.63) is 42.7 Å². The molecule has 128 valence electrons. The van der Waals surface area contributed by atoms with E-state index in [1.54, 1.807) is 30.2 Å². The van der Waals surface area contributed by atoms with E-state index in [1.807, 2.05) is 30.5 Å². The molecule has 0 saturated carbocycles. The summed E-state index contributed by atoms with van der Waals surface area (Å²) < 4.78 is 0. The van der Waals surface area contributed by atoms with Gasteiger partial charge < -0.3 is 10.6 Å². The lowest BCUT2D eigenvalue weighted by Gasteiger charge is -2.10. The number of thioether (sulfide) groups is 2. The van der Waals surface area contributed by atoms with Gasteiger partial charge >= 0.3 is 0 Å². The number of amidine groups is 1. The first-order valence-electron chi connectivity index (χ1n) is 7.42. The van der Waals surface area contributed by atoms with Crippen molar-refractivity contribution in [3.63, 3.8) is 0 Å². The van der Waals surface area contributed by atoms with Crippen molar-refractivity contribution in [2.24, 2.45) is 4.99 Å². The van der Waals surface area contributed by atoms with Gasteiger partial charge in [-0.2, -0.15) is 4.99 Å². The van der Waals surface area contributed by atoms with E-state index in [2.05, 4.69) is 25.6 Å². The molecular weight excluding hydrogens is 358 g/mol. The van der Waals surface area contributed by atoms with Gasteiger partial charge in [0, 0.05) is 23.7 Å². The molecule has 0 bridgehead atoms. The summed E-state index contributed by atoms with van der Waals surface area (Å²) in [6.45, 7) is 0. The van der Waals surface area contributed by atoms with Crippen LogP contribution >= 0.6 is 23.5 Å². The van der Waals surface area contributed by atoms with Gasteiger partial charge in [0.1, 0.15) is 5.25 Å². The van der Waals surface area contributed by atoms with Crippen molar-refractivity contribution in [2.75, 3.05) is 11.6 Å². The van der Waals surface area contributed by atoms with E-state index in [1.165, 1.54) is 11.8 Å². The van der Waals surface area contributed by atoms with E-state index >= 15 is 0 Å². The molecule has 0 spiro atoms. The molecule has 1 saturated heterocycles. The van der Waals surface area contributed by atoms with Crippen LogP contribution in [0.15, 0.2) is 52.6 Å². The maximum absolute atomic E-state index is 12.3. The molecule has 1 aliphatic rings. The third-order valence-electron chi connectivity index (χ3n) is 3.28. The quantitative estimate of drug-likeness (QED) is 0.782. The second-order valence-electron chi connectivity index (χ2n) is 5.01. The molecule has 0 radical (unpaired) electrons. The van der Waals surface area contributed by atoms with Gasteiger partial charge in [0.25, 0.3) is 5.95 Å². The third-order valence-corrected chi connectivity index (χ3v) is 5.16. The molecule has 1 aromatic heterocycles. The van der Waals surface area contributed by atoms with Gasteiger partial charge in [-0.25, -0.2) is 9.97 Å². The Balaban J connectivity index is 1.62. The molecule has 2 amide bonds. The molecule has 1 aliphatic heterocycles. The van der Waals surface area contributed by atoms with Crippen molar-refractivity contribution in [2.45, 2.75) is 16.6 Å². The van der Waals surface area contributed by atoms with Crippen LogP contribution in [-0.2, 0) is 9.59 Å². The number of nitrogens with zero attached hydrogens (tertiary/aromatic N) is 3. The fourth-order valence-corrected chi connectivity index (χ4v) is 3.67. The number of aromatic nitrogens is 2. The van der Waals surface area contributed by atoms with Crippen molar-refractivity contribution < 1.29 is 9.59 Å². The number of carbonyl (C=O) groups is 2. The normalized spacial score (nSPS) is 18.2. The number of anilines is 1. The molecule has 2 aromatic rings. The Hall–Kier alpha value is -2.39. The predicted octanol–water partition coefficient (Wildman–Crippen LogP) is 2.45. The van der Waals surface area contributed by atoms with E-state index in [9.17, 15) is 9.59 Å². The van der Waals surface area contributed by atoms with Crippen molar-refractivity contribution in [1.29, 1.82) is 0 Å². The summed E-state index contributed by atoms with van der Waals surface area (Å²) in [7, 11) is 0. The number of aliphatic imine (C=N–C) groups is 1. The van der Waals surface area contributed by atoms with Crippen LogP contribution in [0.1, 0.15) is 6.42 Å². The maximum atomic E-state index is 12.3. The maximum Gasteiger partial charge on any atom is 0.251 e. The van der Waals surface area contributed by atoms with Gasteiger partial charge in [-0.05, 0) is 24.5 Å². The van der Waals surface area contributed by atoms with Gasteiger partial charge in [-0.1, -0.05) is 23.9 Å². The number of rotatable bonds is 5. The van der Waals surface area contributed by atoms with Gasteiger partial charge in [-0.15, -0.1) is 11.8 Å². The van der Waals surface area contributed by atoms with Crippen molar-refractivity contribution >= 4 is 52.1 Å². The average molecular weight is 373 g/mol. The smallest absolute Gasteiger partial charge is 0.251 e. The molecule has 25 heavy (non-hydrogen) atoms. The molecular formula is C16H15N5O2S2. The molecule has 1 fully saturated rings. The Morgan fingerprint density at radius 1 is 1.32 bits per heavy atom. The molecule has 1 aromatic carbocycles. The zero-order chi connectivity index (χ0) is 17.6. The molecule has 9 heteroatoms. The number of para-hydroxylation sites is 1. The minimum Gasteiger partial charge on any atom is -0.325 e. The van der Waals surface area contributed by atoms with Crippen LogP contribution in [-0.4, -0.2) is 38.5 Å². The first-order valence-corrected chi connectivity index (χ1v) is 9.52. The van der Waals surface area contributed by atoms with Crippen LogP contribution in [0, 0.1) is 0 Å². The summed E-state index contributed by atoms with van der Waals surface area (Å²) in [5.41, 5.74) is 0.745. The zero-order valence-corrected chi connectivity index (χ0v) is 14.9. The molecule has 2 N–H and O–H groups in total. The topological polar surface area (TPSA) is 96.3 Å². The number of benzene rings is 1. The number of hydrogen-bond acceptors (Lipinski definition) is 7. The van der Waals surface area contributed by atoms with Crippen LogP contribution in [0.3, 0.4) is 0 Å². The second kappa shape index (κ2) is 8.13. The van der Waals surface area contributed by atoms with Crippen molar-refractivity contribution in [1.82, 2.24) is 15.3 Å². The van der Waals surface area contributed by atoms with E-state index in [0.29, 0.717) is 5.17 Å². The van der Waals surface area contributed by atoms with E-state index in [-0.39, 0.29) is 24.2 Å². The van der Waals surface area contributed by atoms with Crippen LogP contribution in [0.25, 0.3) is 0 Å². The summed E-state index contributed by atoms with van der Waals surface area (Å²) >= 11 is 2.76. The molecule has 0 aliphatic carbocycles. The number of nitrogens with one attached hydrogen (secondary N) is 2. The van der Waals surface area contributed by atoms with Gasteiger partial charge in [-0.3, -0.25) is 9.59 Å². The third kappa shape index (κ3) is 4.58. The monoisotopic (exact) mass is 373 g/mol. The second-order valence-corrected chi connectivity index (χ2v) is 7.05. The summed E-state index contributed by atoms with van der Waals surface area (Å²) in [5.74, 6) is -0.191. The van der Waals surface area contributed by atoms with E-state index < -0.39 is 5.25 Å². The Morgan fingerprint density at radius 2 is 2.08 bits per heavy atom. The highest BCUT2D eigenvalue weighted by molar-refractivity contribution is 8.15. The van der Waals surface area contributed by atoms with Crippen LogP contribution in [0.4, 0.5) is 11.6 Å². The summed E-state index contributed by atoms with van der Waals surface area (Å²) in [6, 6.07) is 9.23. The summed E-state index contributed by atoms with van der Waals surface area (Å²) in [5, 5.41) is 5.39. The number of carbonyl (C=O) groups excluding carboxylic acids is 2. The van der Waals surface area contributed by atoms with Crippen LogP contribution in [0.2, 0.25) is 0 Å². The summed E-state index contributed by atoms with van der Waals surface area (Å²) in [4.78, 5) is 37.4. The highest BCUT2D eigenvalue weighted by atomic mass is 32.2. The number of hydrogen-bond donors (Lipinski definition) is 2. The lowest BCUT2D eigenvalue weighted by molar-refractivity contribution is -0.122. The van der Waals surface area contributed by atoms with Gasteiger partial charge in [0.15, 0.2) is 5.17 Å². The molecule has 7 nitrogen and oxygen atoms in total. The lowest BCUT2D eigenvalue weighted by atomic mass is 10.2. The first-order chi connectivity index (χ1) is 12.2. The molecule has 1 atom stereocenters. The molecule has 1 unspecified atom stereocenters. The van der Waals surface area contributed by atoms with Crippen molar-refractivity contribution in [3.8, 4) is 0 Å². The van der Waals surface area contributed by atoms with E-state index in [0.717, 1.165) is 10.6 Å². The minimum atomic E-state index is -0.524.